The molecule has 1 aromatic heterocycles. The fraction of sp³-hybridized carbons (Fsp3) is 0.444. The first kappa shape index (κ1) is 8.16. The van der Waals surface area contributed by atoms with E-state index in [-0.39, 0.29) is 0 Å². The van der Waals surface area contributed by atoms with Gasteiger partial charge in [0.15, 0.2) is 0 Å². The number of fused-ring (bicyclic) bond motifs is 1. The fourth-order valence-electron chi connectivity index (χ4n) is 1.48. The van der Waals surface area contributed by atoms with E-state index in [1.807, 2.05) is 11.6 Å². The first-order chi connectivity index (χ1) is 6.33. The lowest BCUT2D eigenvalue weighted by molar-refractivity contribution is 0.299. The first-order valence-corrected chi connectivity index (χ1v) is 4.44. The molecule has 1 aliphatic rings. The molecule has 0 saturated carbocycles. The van der Waals surface area contributed by atoms with Gasteiger partial charge in [0.05, 0.1) is 24.9 Å². The summed E-state index contributed by atoms with van der Waals surface area (Å²) in [7, 11) is 0. The largest absolute Gasteiger partial charge is 0.494 e. The van der Waals surface area contributed by atoms with Crippen molar-refractivity contribution in [3.05, 3.63) is 18.3 Å². The van der Waals surface area contributed by atoms with Gasteiger partial charge in [0.2, 0.25) is 0 Å². The lowest BCUT2D eigenvalue weighted by Gasteiger charge is -2.05. The van der Waals surface area contributed by atoms with Gasteiger partial charge in [0.25, 0.3) is 0 Å². The van der Waals surface area contributed by atoms with Crippen molar-refractivity contribution in [2.75, 3.05) is 18.5 Å². The molecule has 1 N–H and O–H groups in total. The van der Waals surface area contributed by atoms with E-state index in [0.29, 0.717) is 12.4 Å². The number of hydrogen-bond acceptors (Lipinski definition) is 3. The number of nitrogens with zero attached hydrogens (tertiary/aromatic N) is 2. The third-order valence-corrected chi connectivity index (χ3v) is 2.07. The SMILES string of the molecule is C=C(OCC)c1cnn2c1NCC2. The van der Waals surface area contributed by atoms with Crippen molar-refractivity contribution >= 4 is 11.6 Å². The minimum atomic E-state index is 0.642. The van der Waals surface area contributed by atoms with Crippen LogP contribution in [0.2, 0.25) is 0 Å². The van der Waals surface area contributed by atoms with Crippen LogP contribution < -0.4 is 5.32 Å². The Labute approximate surface area is 77.2 Å². The van der Waals surface area contributed by atoms with Crippen LogP contribution in [0.15, 0.2) is 12.8 Å². The number of nitrogens with one attached hydrogen (secondary N) is 1. The Morgan fingerprint density at radius 2 is 2.69 bits per heavy atom. The van der Waals surface area contributed by atoms with E-state index >= 15 is 0 Å². The van der Waals surface area contributed by atoms with E-state index in [4.69, 9.17) is 4.74 Å². The van der Waals surface area contributed by atoms with Gasteiger partial charge in [-0.3, -0.25) is 0 Å². The Balaban J connectivity index is 2.26. The highest BCUT2D eigenvalue weighted by Crippen LogP contribution is 2.25. The van der Waals surface area contributed by atoms with Crippen molar-refractivity contribution in [1.29, 1.82) is 0 Å². The van der Waals surface area contributed by atoms with Crippen molar-refractivity contribution in [2.45, 2.75) is 13.5 Å². The maximum Gasteiger partial charge on any atom is 0.135 e. The summed E-state index contributed by atoms with van der Waals surface area (Å²) in [6.07, 6.45) is 1.79. The van der Waals surface area contributed by atoms with E-state index < -0.39 is 0 Å². The molecule has 4 nitrogen and oxygen atoms in total. The second-order valence-electron chi connectivity index (χ2n) is 2.91. The molecular weight excluding hydrogens is 166 g/mol. The number of rotatable bonds is 3. The standard InChI is InChI=1S/C9H13N3O/c1-3-13-7(2)8-6-11-12-5-4-10-9(8)12/h6,10H,2-5H2,1H3. The van der Waals surface area contributed by atoms with Gasteiger partial charge < -0.3 is 10.1 Å². The van der Waals surface area contributed by atoms with E-state index in [2.05, 4.69) is 17.0 Å². The molecule has 70 valence electrons. The summed E-state index contributed by atoms with van der Waals surface area (Å²) < 4.78 is 7.25. The Morgan fingerprint density at radius 1 is 1.85 bits per heavy atom. The number of anilines is 1. The van der Waals surface area contributed by atoms with Crippen LogP contribution in [-0.4, -0.2) is 22.9 Å². The Kier molecular flexibility index (Phi) is 1.96. The van der Waals surface area contributed by atoms with Crippen molar-refractivity contribution < 1.29 is 4.74 Å². The van der Waals surface area contributed by atoms with Crippen LogP contribution in [0.3, 0.4) is 0 Å². The number of aromatic nitrogens is 2. The van der Waals surface area contributed by atoms with E-state index in [1.54, 1.807) is 6.20 Å². The highest BCUT2D eigenvalue weighted by molar-refractivity contribution is 5.69. The highest BCUT2D eigenvalue weighted by Gasteiger charge is 2.17. The van der Waals surface area contributed by atoms with Gasteiger partial charge in [-0.1, -0.05) is 6.58 Å². The molecule has 0 aromatic carbocycles. The van der Waals surface area contributed by atoms with Crippen LogP contribution in [0.4, 0.5) is 5.82 Å². The first-order valence-electron chi connectivity index (χ1n) is 4.44. The Hall–Kier alpha value is -1.45. The van der Waals surface area contributed by atoms with Gasteiger partial charge in [-0.05, 0) is 6.92 Å². The van der Waals surface area contributed by atoms with Gasteiger partial charge in [-0.15, -0.1) is 0 Å². The topological polar surface area (TPSA) is 39.1 Å². The van der Waals surface area contributed by atoms with Crippen molar-refractivity contribution in [2.24, 2.45) is 0 Å². The summed E-state index contributed by atoms with van der Waals surface area (Å²) in [4.78, 5) is 0. The molecule has 0 atom stereocenters. The van der Waals surface area contributed by atoms with Gasteiger partial charge in [-0.2, -0.15) is 5.10 Å². The summed E-state index contributed by atoms with van der Waals surface area (Å²) >= 11 is 0. The average molecular weight is 179 g/mol. The lowest BCUT2D eigenvalue weighted by atomic mass is 10.3. The molecule has 0 saturated heterocycles. The summed E-state index contributed by atoms with van der Waals surface area (Å²) in [6, 6.07) is 0. The van der Waals surface area contributed by atoms with Crippen LogP contribution >= 0.6 is 0 Å². The lowest BCUT2D eigenvalue weighted by Crippen LogP contribution is -1.96. The summed E-state index contributed by atoms with van der Waals surface area (Å²) in [5, 5.41) is 7.46. The van der Waals surface area contributed by atoms with Crippen molar-refractivity contribution in [3.63, 3.8) is 0 Å². The molecule has 1 aromatic rings. The van der Waals surface area contributed by atoms with Crippen molar-refractivity contribution in [3.8, 4) is 0 Å². The van der Waals surface area contributed by atoms with Gasteiger partial charge >= 0.3 is 0 Å². The normalized spacial score (nSPS) is 13.6. The smallest absolute Gasteiger partial charge is 0.135 e. The molecule has 0 fully saturated rings. The zero-order valence-corrected chi connectivity index (χ0v) is 7.71. The summed E-state index contributed by atoms with van der Waals surface area (Å²) in [5.41, 5.74) is 0.972. The molecule has 13 heavy (non-hydrogen) atoms. The predicted molar refractivity (Wildman–Crippen MR) is 51.4 cm³/mol. The Morgan fingerprint density at radius 3 is 3.46 bits per heavy atom. The van der Waals surface area contributed by atoms with E-state index in [0.717, 1.165) is 24.5 Å². The zero-order valence-electron chi connectivity index (χ0n) is 7.71. The zero-order chi connectivity index (χ0) is 9.26. The molecule has 0 aliphatic carbocycles. The fourth-order valence-corrected chi connectivity index (χ4v) is 1.48. The van der Waals surface area contributed by atoms with Crippen LogP contribution in [-0.2, 0) is 11.3 Å². The maximum absolute atomic E-state index is 5.32. The molecule has 1 aliphatic heterocycles. The monoisotopic (exact) mass is 179 g/mol. The molecule has 0 radical (unpaired) electrons. The van der Waals surface area contributed by atoms with Crippen LogP contribution in [0.1, 0.15) is 12.5 Å². The van der Waals surface area contributed by atoms with Gasteiger partial charge in [0, 0.05) is 6.54 Å². The summed E-state index contributed by atoms with van der Waals surface area (Å²) in [5.74, 6) is 1.72. The second kappa shape index (κ2) is 3.12. The quantitative estimate of drug-likeness (QED) is 0.711. The van der Waals surface area contributed by atoms with E-state index in [9.17, 15) is 0 Å². The average Bonchev–Trinajstić information content (AvgIpc) is 2.62. The second-order valence-corrected chi connectivity index (χ2v) is 2.91. The van der Waals surface area contributed by atoms with Crippen molar-refractivity contribution in [1.82, 2.24) is 9.78 Å². The number of ether oxygens (including phenoxy) is 1. The molecule has 2 rings (SSSR count). The predicted octanol–water partition coefficient (Wildman–Crippen LogP) is 1.32. The molecule has 4 heteroatoms. The molecule has 0 unspecified atom stereocenters. The van der Waals surface area contributed by atoms with Crippen LogP contribution in [0, 0.1) is 0 Å². The van der Waals surface area contributed by atoms with Crippen LogP contribution in [0.5, 0.6) is 0 Å². The maximum atomic E-state index is 5.32. The van der Waals surface area contributed by atoms with Crippen LogP contribution in [0.25, 0.3) is 5.76 Å². The molecule has 0 bridgehead atoms. The number of hydrogen-bond donors (Lipinski definition) is 1. The molecule has 0 spiro atoms. The Bertz CT molecular complexity index is 330. The highest BCUT2D eigenvalue weighted by atomic mass is 16.5. The van der Waals surface area contributed by atoms with E-state index in [1.165, 1.54) is 0 Å². The minimum Gasteiger partial charge on any atom is -0.494 e. The minimum absolute atomic E-state index is 0.642. The van der Waals surface area contributed by atoms with Gasteiger partial charge in [-0.25, -0.2) is 4.68 Å². The molecular formula is C9H13N3O. The third-order valence-electron chi connectivity index (χ3n) is 2.07. The molecule has 0 amide bonds. The summed E-state index contributed by atoms with van der Waals surface area (Å²) in [6.45, 7) is 8.30. The molecule has 2 heterocycles. The van der Waals surface area contributed by atoms with Gasteiger partial charge in [0.1, 0.15) is 11.6 Å². The third kappa shape index (κ3) is 1.28.